The number of rotatable bonds is 6. The van der Waals surface area contributed by atoms with Crippen molar-refractivity contribution in [2.75, 3.05) is 43.9 Å². The van der Waals surface area contributed by atoms with Crippen LogP contribution in [-0.4, -0.2) is 82.7 Å². The van der Waals surface area contributed by atoms with Crippen LogP contribution in [0.25, 0.3) is 0 Å². The first kappa shape index (κ1) is 28.1. The number of carbonyl (C=O) groups excluding carboxylic acids is 2. The number of amides is 2. The quantitative estimate of drug-likeness (QED) is 0.506. The molecule has 1 aromatic carbocycles. The number of nitriles is 1. The van der Waals surface area contributed by atoms with Gasteiger partial charge in [-0.3, -0.25) is 4.79 Å². The number of carbonyl (C=O) groups is 2. The van der Waals surface area contributed by atoms with Crippen LogP contribution in [0.4, 0.5) is 22.1 Å². The average molecular weight is 535 g/mol. The molecular formula is C28H38N8O3. The minimum Gasteiger partial charge on any atom is -0.444 e. The summed E-state index contributed by atoms with van der Waals surface area (Å²) in [5.41, 5.74) is 1.00. The van der Waals surface area contributed by atoms with Gasteiger partial charge < -0.3 is 30.5 Å². The highest BCUT2D eigenvalue weighted by molar-refractivity contribution is 5.94. The van der Waals surface area contributed by atoms with E-state index in [4.69, 9.17) is 4.74 Å². The van der Waals surface area contributed by atoms with Crippen LogP contribution in [0.3, 0.4) is 0 Å². The fourth-order valence-electron chi connectivity index (χ4n) is 4.72. The molecule has 0 spiro atoms. The second kappa shape index (κ2) is 12.3. The second-order valence-electron chi connectivity index (χ2n) is 11.2. The van der Waals surface area contributed by atoms with Gasteiger partial charge in [0.15, 0.2) is 11.5 Å². The lowest BCUT2D eigenvalue weighted by atomic mass is 9.91. The molecule has 2 aromatic rings. The van der Waals surface area contributed by atoms with Crippen LogP contribution in [-0.2, 0) is 4.74 Å². The fourth-order valence-corrected chi connectivity index (χ4v) is 4.72. The first-order valence-corrected chi connectivity index (χ1v) is 13.5. The minimum atomic E-state index is -0.521. The molecule has 208 valence electrons. The van der Waals surface area contributed by atoms with E-state index in [1.54, 1.807) is 18.3 Å². The lowest BCUT2D eigenvalue weighted by molar-refractivity contribution is 0.0491. The molecule has 0 unspecified atom stereocenters. The molecule has 11 heteroatoms. The average Bonchev–Trinajstić information content (AvgIpc) is 2.89. The summed E-state index contributed by atoms with van der Waals surface area (Å²) < 4.78 is 5.36. The number of hydrogen-bond donors (Lipinski definition) is 3. The predicted octanol–water partition coefficient (Wildman–Crippen LogP) is 3.73. The van der Waals surface area contributed by atoms with E-state index >= 15 is 0 Å². The lowest BCUT2D eigenvalue weighted by Crippen LogP contribution is -2.47. The fraction of sp³-hybridized carbons (Fsp3) is 0.536. The first-order valence-electron chi connectivity index (χ1n) is 13.5. The Morgan fingerprint density at radius 1 is 1.03 bits per heavy atom. The van der Waals surface area contributed by atoms with Gasteiger partial charge >= 0.3 is 6.09 Å². The molecule has 1 aromatic heterocycles. The van der Waals surface area contributed by atoms with Gasteiger partial charge in [-0.05, 0) is 77.8 Å². The van der Waals surface area contributed by atoms with Crippen molar-refractivity contribution in [1.29, 1.82) is 5.26 Å². The van der Waals surface area contributed by atoms with Crippen molar-refractivity contribution in [2.45, 2.75) is 64.1 Å². The maximum Gasteiger partial charge on any atom is 0.407 e. The Balaban J connectivity index is 1.32. The van der Waals surface area contributed by atoms with Gasteiger partial charge in [0.2, 0.25) is 0 Å². The van der Waals surface area contributed by atoms with Crippen molar-refractivity contribution in [2.24, 2.45) is 0 Å². The van der Waals surface area contributed by atoms with Crippen molar-refractivity contribution in [3.05, 3.63) is 41.7 Å². The molecule has 2 fully saturated rings. The molecule has 4 rings (SSSR count). The molecular weight excluding hydrogens is 496 g/mol. The summed E-state index contributed by atoms with van der Waals surface area (Å²) in [6.07, 6.45) is 4.54. The van der Waals surface area contributed by atoms with Gasteiger partial charge in [0.25, 0.3) is 5.91 Å². The van der Waals surface area contributed by atoms with Crippen LogP contribution in [0, 0.1) is 11.3 Å². The molecule has 2 amide bonds. The van der Waals surface area contributed by atoms with E-state index in [9.17, 15) is 14.9 Å². The largest absolute Gasteiger partial charge is 0.444 e. The summed E-state index contributed by atoms with van der Waals surface area (Å²) in [6.45, 7) is 8.73. The van der Waals surface area contributed by atoms with Crippen molar-refractivity contribution in [3.8, 4) is 6.07 Å². The molecule has 0 atom stereocenters. The summed E-state index contributed by atoms with van der Waals surface area (Å²) >= 11 is 0. The number of likely N-dealkylation sites (N-methyl/N-ethyl adjacent to an activating group) is 1. The number of alkyl carbamates (subject to hydrolysis) is 1. The van der Waals surface area contributed by atoms with Gasteiger partial charge in [-0.25, -0.2) is 14.8 Å². The van der Waals surface area contributed by atoms with Crippen LogP contribution < -0.4 is 16.0 Å². The van der Waals surface area contributed by atoms with Gasteiger partial charge in [-0.1, -0.05) is 0 Å². The zero-order valence-corrected chi connectivity index (χ0v) is 23.2. The third kappa shape index (κ3) is 8.04. The maximum absolute atomic E-state index is 12.8. The summed E-state index contributed by atoms with van der Waals surface area (Å²) in [5.74, 6) is 0.942. The molecule has 39 heavy (non-hydrogen) atoms. The standard InChI is InChI=1S/C28H38N8O3/c1-28(2,3)39-27(38)33-22-11-9-20(10-12-22)31-24-18-30-23(17-29)25(34-24)32-21-7-5-19(6-8-21)26(37)36-15-13-35(4)14-16-36/h5-8,18,20,22H,9-16H2,1-4H3,(H,33,38)(H2,31,32,34). The van der Waals surface area contributed by atoms with E-state index < -0.39 is 5.60 Å². The number of nitrogens with zero attached hydrogens (tertiary/aromatic N) is 5. The number of aromatic nitrogens is 2. The number of anilines is 3. The maximum atomic E-state index is 12.8. The van der Waals surface area contributed by atoms with E-state index in [2.05, 4.69) is 43.9 Å². The van der Waals surface area contributed by atoms with Crippen LogP contribution >= 0.6 is 0 Å². The minimum absolute atomic E-state index is 0.0226. The van der Waals surface area contributed by atoms with E-state index in [1.165, 1.54) is 0 Å². The third-order valence-corrected chi connectivity index (χ3v) is 6.86. The SMILES string of the molecule is CN1CCN(C(=O)c2ccc(Nc3nc(NC4CCC(NC(=O)OC(C)(C)C)CC4)cnc3C#N)cc2)CC1. The summed E-state index contributed by atoms with van der Waals surface area (Å²) in [4.78, 5) is 37.8. The molecule has 11 nitrogen and oxygen atoms in total. The van der Waals surface area contributed by atoms with Crippen molar-refractivity contribution in [1.82, 2.24) is 25.1 Å². The number of hydrogen-bond acceptors (Lipinski definition) is 9. The highest BCUT2D eigenvalue weighted by Gasteiger charge is 2.25. The lowest BCUT2D eigenvalue weighted by Gasteiger charge is -2.32. The Morgan fingerprint density at radius 3 is 2.28 bits per heavy atom. The van der Waals surface area contributed by atoms with Gasteiger partial charge in [0.1, 0.15) is 17.5 Å². The van der Waals surface area contributed by atoms with Crippen LogP contribution in [0.1, 0.15) is 62.5 Å². The molecule has 1 saturated carbocycles. The van der Waals surface area contributed by atoms with Crippen molar-refractivity contribution in [3.63, 3.8) is 0 Å². The summed E-state index contributed by atoms with van der Waals surface area (Å²) in [6, 6.07) is 9.53. The Morgan fingerprint density at radius 2 is 1.67 bits per heavy atom. The van der Waals surface area contributed by atoms with Crippen LogP contribution in [0.5, 0.6) is 0 Å². The molecule has 3 N–H and O–H groups in total. The molecule has 1 aliphatic carbocycles. The first-order chi connectivity index (χ1) is 18.6. The second-order valence-corrected chi connectivity index (χ2v) is 11.2. The van der Waals surface area contributed by atoms with Crippen LogP contribution in [0.2, 0.25) is 0 Å². The number of ether oxygens (including phenoxy) is 1. The Bertz CT molecular complexity index is 1190. The van der Waals surface area contributed by atoms with Gasteiger partial charge in [-0.2, -0.15) is 5.26 Å². The predicted molar refractivity (Wildman–Crippen MR) is 149 cm³/mol. The van der Waals surface area contributed by atoms with E-state index in [0.717, 1.165) is 51.9 Å². The molecule has 1 aliphatic heterocycles. The molecule has 1 saturated heterocycles. The Hall–Kier alpha value is -3.91. The summed E-state index contributed by atoms with van der Waals surface area (Å²) in [5, 5.41) is 19.1. The smallest absolute Gasteiger partial charge is 0.407 e. The Labute approximate surface area is 229 Å². The molecule has 0 bridgehead atoms. The number of nitrogens with one attached hydrogen (secondary N) is 3. The monoisotopic (exact) mass is 534 g/mol. The molecule has 0 radical (unpaired) electrons. The van der Waals surface area contributed by atoms with Crippen molar-refractivity contribution >= 4 is 29.3 Å². The van der Waals surface area contributed by atoms with E-state index in [-0.39, 0.29) is 29.8 Å². The Kier molecular flexibility index (Phi) is 8.86. The topological polar surface area (TPSA) is 136 Å². The highest BCUT2D eigenvalue weighted by Crippen LogP contribution is 2.24. The number of piperazine rings is 1. The molecule has 2 heterocycles. The van der Waals surface area contributed by atoms with E-state index in [0.29, 0.717) is 22.9 Å². The van der Waals surface area contributed by atoms with Crippen LogP contribution in [0.15, 0.2) is 30.5 Å². The third-order valence-electron chi connectivity index (χ3n) is 6.86. The normalized spacial score (nSPS) is 20.0. The molecule has 2 aliphatic rings. The van der Waals surface area contributed by atoms with E-state index in [1.807, 2.05) is 37.8 Å². The van der Waals surface area contributed by atoms with Gasteiger partial charge in [-0.15, -0.1) is 0 Å². The van der Waals surface area contributed by atoms with Gasteiger partial charge in [0.05, 0.1) is 6.20 Å². The number of benzene rings is 1. The van der Waals surface area contributed by atoms with Crippen molar-refractivity contribution < 1.29 is 14.3 Å². The zero-order valence-electron chi connectivity index (χ0n) is 23.2. The van der Waals surface area contributed by atoms with Gasteiger partial charge in [0, 0.05) is 49.5 Å². The zero-order chi connectivity index (χ0) is 28.0. The highest BCUT2D eigenvalue weighted by atomic mass is 16.6. The summed E-state index contributed by atoms with van der Waals surface area (Å²) in [7, 11) is 2.06.